The molecule has 2 rings (SSSR count). The molecule has 0 saturated carbocycles. The van der Waals surface area contributed by atoms with E-state index in [2.05, 4.69) is 5.32 Å². The van der Waals surface area contributed by atoms with Crippen LogP contribution < -0.4 is 20.5 Å². The van der Waals surface area contributed by atoms with E-state index in [1.165, 1.54) is 18.2 Å². The Labute approximate surface area is 159 Å². The second kappa shape index (κ2) is 9.40. The number of carbonyl (C=O) groups excluding carboxylic acids is 1. The van der Waals surface area contributed by atoms with Crippen LogP contribution in [0.5, 0.6) is 17.2 Å². The molecule has 2 atom stereocenters. The molecule has 1 amide bonds. The molecule has 0 heterocycles. The number of aryl methyl sites for hydroxylation is 1. The van der Waals surface area contributed by atoms with Gasteiger partial charge in [0.05, 0.1) is 18.7 Å². The van der Waals surface area contributed by atoms with Crippen molar-refractivity contribution in [2.45, 2.75) is 26.8 Å². The number of nitrogens with one attached hydrogen (secondary N) is 1. The van der Waals surface area contributed by atoms with Crippen LogP contribution in [0.2, 0.25) is 0 Å². The van der Waals surface area contributed by atoms with Crippen molar-refractivity contribution in [1.29, 1.82) is 0 Å². The highest BCUT2D eigenvalue weighted by molar-refractivity contribution is 5.94. The van der Waals surface area contributed by atoms with E-state index in [1.807, 2.05) is 19.1 Å². The molecule has 0 aromatic heterocycles. The zero-order chi connectivity index (χ0) is 18.6. The van der Waals surface area contributed by atoms with Crippen LogP contribution in [0, 0.1) is 18.7 Å². The predicted octanol–water partition coefficient (Wildman–Crippen LogP) is 4.28. The molecular weight excluding hydrogens is 359 g/mol. The highest BCUT2D eigenvalue weighted by Crippen LogP contribution is 2.36. The van der Waals surface area contributed by atoms with E-state index >= 15 is 0 Å². The van der Waals surface area contributed by atoms with Crippen molar-refractivity contribution in [2.75, 3.05) is 12.4 Å². The number of benzene rings is 2. The molecule has 7 heteroatoms. The number of hydrogen-bond donors (Lipinski definition) is 2. The van der Waals surface area contributed by atoms with Crippen molar-refractivity contribution >= 4 is 24.0 Å². The van der Waals surface area contributed by atoms with E-state index in [4.69, 9.17) is 15.2 Å². The Hall–Kier alpha value is -2.31. The molecule has 0 aliphatic heterocycles. The van der Waals surface area contributed by atoms with Crippen molar-refractivity contribution in [3.05, 3.63) is 47.8 Å². The van der Waals surface area contributed by atoms with Gasteiger partial charge in [-0.25, -0.2) is 4.39 Å². The van der Waals surface area contributed by atoms with Gasteiger partial charge in [0, 0.05) is 12.1 Å². The van der Waals surface area contributed by atoms with Crippen LogP contribution in [0.15, 0.2) is 36.4 Å². The molecule has 2 unspecified atom stereocenters. The lowest BCUT2D eigenvalue weighted by Gasteiger charge is -2.18. The highest BCUT2D eigenvalue weighted by Gasteiger charge is 2.19. The van der Waals surface area contributed by atoms with Gasteiger partial charge in [0.25, 0.3) is 0 Å². The second-order valence-electron chi connectivity index (χ2n) is 6.03. The predicted molar refractivity (Wildman–Crippen MR) is 103 cm³/mol. The van der Waals surface area contributed by atoms with Gasteiger partial charge in [-0.05, 0) is 43.7 Å². The van der Waals surface area contributed by atoms with Gasteiger partial charge in [-0.2, -0.15) is 0 Å². The maximum absolute atomic E-state index is 13.6. The van der Waals surface area contributed by atoms with Crippen LogP contribution in [0.25, 0.3) is 0 Å². The van der Waals surface area contributed by atoms with Gasteiger partial charge in [-0.1, -0.05) is 13.0 Å². The van der Waals surface area contributed by atoms with Gasteiger partial charge in [0.1, 0.15) is 5.82 Å². The third-order valence-electron chi connectivity index (χ3n) is 3.94. The molecule has 0 saturated heterocycles. The minimum absolute atomic E-state index is 0. The maximum atomic E-state index is 13.6. The zero-order valence-electron chi connectivity index (χ0n) is 15.2. The number of amides is 1. The van der Waals surface area contributed by atoms with Crippen molar-refractivity contribution < 1.29 is 18.7 Å². The number of carbonyl (C=O) groups is 1. The number of rotatable bonds is 6. The molecule has 26 heavy (non-hydrogen) atoms. The summed E-state index contributed by atoms with van der Waals surface area (Å²) in [6.45, 7) is 5.39. The summed E-state index contributed by atoms with van der Waals surface area (Å²) in [6.07, 6.45) is 0. The first-order valence-corrected chi connectivity index (χ1v) is 8.00. The SMILES string of the molecule is COc1cc(C)ccc1Oc1ccc(F)cc1NC(=O)C(C)C(C)N.Cl. The Morgan fingerprint density at radius 3 is 2.38 bits per heavy atom. The second-order valence-corrected chi connectivity index (χ2v) is 6.03. The largest absolute Gasteiger partial charge is 0.493 e. The molecule has 2 aromatic rings. The van der Waals surface area contributed by atoms with Gasteiger partial charge < -0.3 is 20.5 Å². The van der Waals surface area contributed by atoms with Crippen LogP contribution in [-0.4, -0.2) is 19.1 Å². The Balaban J connectivity index is 0.00000338. The van der Waals surface area contributed by atoms with Crippen molar-refractivity contribution in [1.82, 2.24) is 0 Å². The fourth-order valence-electron chi connectivity index (χ4n) is 2.15. The first kappa shape index (κ1) is 21.7. The van der Waals surface area contributed by atoms with E-state index in [9.17, 15) is 9.18 Å². The molecule has 0 radical (unpaired) electrons. The first-order valence-electron chi connectivity index (χ1n) is 8.00. The third kappa shape index (κ3) is 5.34. The average molecular weight is 383 g/mol. The molecule has 0 fully saturated rings. The number of anilines is 1. The Morgan fingerprint density at radius 2 is 1.77 bits per heavy atom. The maximum Gasteiger partial charge on any atom is 0.228 e. The lowest BCUT2D eigenvalue weighted by Crippen LogP contribution is -2.34. The summed E-state index contributed by atoms with van der Waals surface area (Å²) in [7, 11) is 1.54. The lowest BCUT2D eigenvalue weighted by atomic mass is 10.0. The standard InChI is InChI=1S/C19H23FN2O3.ClH/c1-11-5-7-17(18(9-11)24-4)25-16-8-6-14(20)10-15(16)22-19(23)12(2)13(3)21;/h5-10,12-13H,21H2,1-4H3,(H,22,23);1H. The molecule has 0 aliphatic carbocycles. The topological polar surface area (TPSA) is 73.6 Å². The summed E-state index contributed by atoms with van der Waals surface area (Å²) in [5.74, 6) is 0.119. The van der Waals surface area contributed by atoms with E-state index < -0.39 is 11.7 Å². The molecule has 3 N–H and O–H groups in total. The number of methoxy groups -OCH3 is 1. The third-order valence-corrected chi connectivity index (χ3v) is 3.94. The molecule has 5 nitrogen and oxygen atoms in total. The van der Waals surface area contributed by atoms with E-state index in [-0.39, 0.29) is 30.0 Å². The van der Waals surface area contributed by atoms with Crippen LogP contribution in [0.1, 0.15) is 19.4 Å². The number of ether oxygens (including phenoxy) is 2. The molecule has 2 aromatic carbocycles. The Morgan fingerprint density at radius 1 is 1.12 bits per heavy atom. The van der Waals surface area contributed by atoms with Gasteiger partial charge in [-0.15, -0.1) is 12.4 Å². The first-order chi connectivity index (χ1) is 11.8. The summed E-state index contributed by atoms with van der Waals surface area (Å²) in [4.78, 5) is 12.2. The van der Waals surface area contributed by atoms with Crippen molar-refractivity contribution in [3.63, 3.8) is 0 Å². The summed E-state index contributed by atoms with van der Waals surface area (Å²) >= 11 is 0. The normalized spacial score (nSPS) is 12.5. The number of nitrogens with two attached hydrogens (primary N) is 1. The monoisotopic (exact) mass is 382 g/mol. The van der Waals surface area contributed by atoms with Crippen LogP contribution in [-0.2, 0) is 4.79 Å². The van der Waals surface area contributed by atoms with Gasteiger partial charge >= 0.3 is 0 Å². The summed E-state index contributed by atoms with van der Waals surface area (Å²) in [5, 5.41) is 2.68. The summed E-state index contributed by atoms with van der Waals surface area (Å²) in [5.41, 5.74) is 7.00. The molecule has 0 bridgehead atoms. The average Bonchev–Trinajstić information content (AvgIpc) is 2.57. The van der Waals surface area contributed by atoms with E-state index in [0.29, 0.717) is 17.2 Å². The van der Waals surface area contributed by atoms with E-state index in [1.54, 1.807) is 27.0 Å². The zero-order valence-corrected chi connectivity index (χ0v) is 16.0. The summed E-state index contributed by atoms with van der Waals surface area (Å²) < 4.78 is 24.8. The smallest absolute Gasteiger partial charge is 0.228 e. The molecule has 142 valence electrons. The number of halogens is 2. The number of hydrogen-bond acceptors (Lipinski definition) is 4. The quantitative estimate of drug-likeness (QED) is 0.782. The van der Waals surface area contributed by atoms with Gasteiger partial charge in [0.2, 0.25) is 5.91 Å². The Bertz CT molecular complexity index is 768. The van der Waals surface area contributed by atoms with Crippen molar-refractivity contribution in [3.8, 4) is 17.2 Å². The summed E-state index contributed by atoms with van der Waals surface area (Å²) in [6, 6.07) is 9.07. The Kier molecular flexibility index (Phi) is 7.86. The molecule has 0 spiro atoms. The van der Waals surface area contributed by atoms with Crippen LogP contribution >= 0.6 is 12.4 Å². The highest BCUT2D eigenvalue weighted by atomic mass is 35.5. The van der Waals surface area contributed by atoms with Gasteiger partial charge in [0.15, 0.2) is 17.2 Å². The van der Waals surface area contributed by atoms with Crippen LogP contribution in [0.4, 0.5) is 10.1 Å². The van der Waals surface area contributed by atoms with E-state index in [0.717, 1.165) is 5.56 Å². The fourth-order valence-corrected chi connectivity index (χ4v) is 2.15. The minimum atomic E-state index is -0.480. The van der Waals surface area contributed by atoms with Gasteiger partial charge in [-0.3, -0.25) is 4.79 Å². The van der Waals surface area contributed by atoms with Crippen LogP contribution in [0.3, 0.4) is 0 Å². The lowest BCUT2D eigenvalue weighted by molar-refractivity contribution is -0.119. The molecule has 0 aliphatic rings. The van der Waals surface area contributed by atoms with Crippen molar-refractivity contribution in [2.24, 2.45) is 11.7 Å². The fraction of sp³-hybridized carbons (Fsp3) is 0.316. The molecular formula is C19H24ClFN2O3. The minimum Gasteiger partial charge on any atom is -0.493 e.